The molecule has 2 heterocycles. The summed E-state index contributed by atoms with van der Waals surface area (Å²) in [6.07, 6.45) is 1.79. The molecule has 0 saturated carbocycles. The molecule has 0 radical (unpaired) electrons. The van der Waals surface area contributed by atoms with Gasteiger partial charge >= 0.3 is 11.9 Å². The SMILES string of the molecule is CCOC(=O)c1[nH]c(C=C2C(=O)Nc3cc(Br)ccc32)c(CCC(=O)O)c1C. The molecule has 1 aromatic heterocycles. The van der Waals surface area contributed by atoms with Crippen LogP contribution in [0, 0.1) is 6.92 Å². The molecule has 0 saturated heterocycles. The van der Waals surface area contributed by atoms with Crippen molar-refractivity contribution in [2.75, 3.05) is 11.9 Å². The fourth-order valence-corrected chi connectivity index (χ4v) is 3.56. The summed E-state index contributed by atoms with van der Waals surface area (Å²) in [7, 11) is 0. The number of halogens is 1. The van der Waals surface area contributed by atoms with E-state index < -0.39 is 11.9 Å². The number of aliphatic carboxylic acids is 1. The van der Waals surface area contributed by atoms with E-state index in [1.54, 1.807) is 19.9 Å². The Morgan fingerprint density at radius 1 is 1.32 bits per heavy atom. The van der Waals surface area contributed by atoms with Crippen LogP contribution in [0.4, 0.5) is 5.69 Å². The average Bonchev–Trinajstić information content (AvgIpc) is 3.10. The van der Waals surface area contributed by atoms with Crippen molar-refractivity contribution in [3.8, 4) is 0 Å². The number of fused-ring (bicyclic) bond motifs is 1. The van der Waals surface area contributed by atoms with E-state index >= 15 is 0 Å². The van der Waals surface area contributed by atoms with E-state index in [4.69, 9.17) is 9.84 Å². The number of aromatic nitrogens is 1. The number of ether oxygens (including phenoxy) is 1. The Morgan fingerprint density at radius 2 is 2.07 bits per heavy atom. The van der Waals surface area contributed by atoms with Crippen molar-refractivity contribution in [1.29, 1.82) is 0 Å². The van der Waals surface area contributed by atoms with E-state index in [1.165, 1.54) is 0 Å². The third-order valence-electron chi connectivity index (χ3n) is 4.53. The summed E-state index contributed by atoms with van der Waals surface area (Å²) >= 11 is 3.38. The summed E-state index contributed by atoms with van der Waals surface area (Å²) in [6, 6.07) is 5.47. The number of carboxylic acids is 1. The van der Waals surface area contributed by atoms with E-state index in [2.05, 4.69) is 26.2 Å². The average molecular weight is 447 g/mol. The topological polar surface area (TPSA) is 108 Å². The normalized spacial score (nSPS) is 14.1. The van der Waals surface area contributed by atoms with Gasteiger partial charge in [0.2, 0.25) is 0 Å². The predicted molar refractivity (Wildman–Crippen MR) is 108 cm³/mol. The van der Waals surface area contributed by atoms with Crippen LogP contribution in [0.25, 0.3) is 11.6 Å². The molecule has 1 amide bonds. The molecule has 0 atom stereocenters. The first-order valence-corrected chi connectivity index (χ1v) is 9.54. The Balaban J connectivity index is 2.09. The molecular formula is C20H19BrN2O5. The molecule has 0 aliphatic carbocycles. The van der Waals surface area contributed by atoms with Gasteiger partial charge in [0, 0.05) is 22.2 Å². The standard InChI is InChI=1S/C20H19BrN2O5/c1-3-28-20(27)18-10(2)12(6-7-17(24)25)16(22-18)9-14-13-5-4-11(21)8-15(13)23-19(14)26/h4-5,8-9,22H,3,6-7H2,1-2H3,(H,23,26)(H,24,25). The lowest BCUT2D eigenvalue weighted by molar-refractivity contribution is -0.137. The van der Waals surface area contributed by atoms with Crippen molar-refractivity contribution >= 4 is 51.1 Å². The first-order valence-electron chi connectivity index (χ1n) is 8.75. The van der Waals surface area contributed by atoms with Crippen LogP contribution in [0.3, 0.4) is 0 Å². The van der Waals surface area contributed by atoms with Crippen LogP contribution in [0.2, 0.25) is 0 Å². The molecule has 0 bridgehead atoms. The molecule has 8 heteroatoms. The van der Waals surface area contributed by atoms with Crippen LogP contribution in [0.15, 0.2) is 22.7 Å². The highest BCUT2D eigenvalue weighted by Gasteiger charge is 2.26. The third kappa shape index (κ3) is 3.87. The Hall–Kier alpha value is -2.87. The van der Waals surface area contributed by atoms with Gasteiger partial charge in [0.15, 0.2) is 0 Å². The van der Waals surface area contributed by atoms with E-state index in [0.717, 1.165) is 10.0 Å². The van der Waals surface area contributed by atoms with Crippen LogP contribution in [-0.4, -0.2) is 34.5 Å². The summed E-state index contributed by atoms with van der Waals surface area (Å²) in [4.78, 5) is 38.7. The number of amides is 1. The van der Waals surface area contributed by atoms with Crippen LogP contribution >= 0.6 is 15.9 Å². The number of anilines is 1. The predicted octanol–water partition coefficient (Wildman–Crippen LogP) is 3.77. The fraction of sp³-hybridized carbons (Fsp3) is 0.250. The molecule has 3 rings (SSSR count). The van der Waals surface area contributed by atoms with E-state index in [0.29, 0.717) is 28.1 Å². The molecule has 0 fully saturated rings. The van der Waals surface area contributed by atoms with Gasteiger partial charge in [-0.25, -0.2) is 4.79 Å². The number of benzene rings is 1. The second kappa shape index (κ2) is 8.02. The Bertz CT molecular complexity index is 1010. The van der Waals surface area contributed by atoms with Crippen molar-refractivity contribution in [3.05, 3.63) is 50.8 Å². The minimum Gasteiger partial charge on any atom is -0.481 e. The minimum atomic E-state index is -0.939. The Morgan fingerprint density at radius 3 is 2.75 bits per heavy atom. The molecular weight excluding hydrogens is 428 g/mol. The van der Waals surface area contributed by atoms with Crippen LogP contribution < -0.4 is 5.32 Å². The molecule has 7 nitrogen and oxygen atoms in total. The molecule has 0 spiro atoms. The largest absolute Gasteiger partial charge is 0.481 e. The smallest absolute Gasteiger partial charge is 0.355 e. The molecule has 2 aromatic rings. The lowest BCUT2D eigenvalue weighted by atomic mass is 10.0. The zero-order valence-corrected chi connectivity index (χ0v) is 17.0. The van der Waals surface area contributed by atoms with Crippen molar-refractivity contribution in [2.45, 2.75) is 26.7 Å². The van der Waals surface area contributed by atoms with Crippen molar-refractivity contribution < 1.29 is 24.2 Å². The molecule has 1 aromatic carbocycles. The van der Waals surface area contributed by atoms with Gasteiger partial charge in [-0.1, -0.05) is 22.0 Å². The number of nitrogens with one attached hydrogen (secondary N) is 2. The highest BCUT2D eigenvalue weighted by Crippen LogP contribution is 2.36. The number of hydrogen-bond acceptors (Lipinski definition) is 4. The first kappa shape index (κ1) is 19.9. The van der Waals surface area contributed by atoms with Crippen molar-refractivity contribution in [3.63, 3.8) is 0 Å². The number of carboxylic acid groups (broad SMARTS) is 1. The summed E-state index contributed by atoms with van der Waals surface area (Å²) in [5, 5.41) is 11.9. The number of carbonyl (C=O) groups excluding carboxylic acids is 2. The fourth-order valence-electron chi connectivity index (χ4n) is 3.20. The maximum atomic E-state index is 12.5. The number of rotatable bonds is 6. The van der Waals surface area contributed by atoms with E-state index in [9.17, 15) is 14.4 Å². The zero-order chi connectivity index (χ0) is 20.4. The quantitative estimate of drug-likeness (QED) is 0.462. The molecule has 146 valence electrons. The van der Waals surface area contributed by atoms with Gasteiger partial charge in [0.1, 0.15) is 5.69 Å². The van der Waals surface area contributed by atoms with Gasteiger partial charge in [-0.3, -0.25) is 9.59 Å². The second-order valence-electron chi connectivity index (χ2n) is 6.33. The molecule has 1 aliphatic heterocycles. The maximum absolute atomic E-state index is 12.5. The third-order valence-corrected chi connectivity index (χ3v) is 5.03. The second-order valence-corrected chi connectivity index (χ2v) is 7.25. The molecule has 3 N–H and O–H groups in total. The van der Waals surface area contributed by atoms with Crippen molar-refractivity contribution in [2.24, 2.45) is 0 Å². The number of aromatic amines is 1. The van der Waals surface area contributed by atoms with Gasteiger partial charge in [-0.15, -0.1) is 0 Å². The first-order chi connectivity index (χ1) is 13.3. The Labute approximate surface area is 169 Å². The van der Waals surface area contributed by atoms with Crippen LogP contribution in [0.5, 0.6) is 0 Å². The molecule has 1 aliphatic rings. The lowest BCUT2D eigenvalue weighted by Gasteiger charge is -2.03. The van der Waals surface area contributed by atoms with Gasteiger partial charge in [0.25, 0.3) is 5.91 Å². The van der Waals surface area contributed by atoms with Gasteiger partial charge < -0.3 is 20.1 Å². The molecule has 28 heavy (non-hydrogen) atoms. The maximum Gasteiger partial charge on any atom is 0.355 e. The summed E-state index contributed by atoms with van der Waals surface area (Å²) in [5.74, 6) is -1.71. The monoisotopic (exact) mass is 446 g/mol. The summed E-state index contributed by atoms with van der Waals surface area (Å²) < 4.78 is 5.91. The highest BCUT2D eigenvalue weighted by molar-refractivity contribution is 9.10. The van der Waals surface area contributed by atoms with Gasteiger partial charge in [-0.05, 0) is 49.6 Å². The summed E-state index contributed by atoms with van der Waals surface area (Å²) in [6.45, 7) is 3.67. The minimum absolute atomic E-state index is 0.0904. The van der Waals surface area contributed by atoms with Gasteiger partial charge in [0.05, 0.1) is 17.9 Å². The molecule has 0 unspecified atom stereocenters. The number of carbonyl (C=O) groups is 3. The van der Waals surface area contributed by atoms with Gasteiger partial charge in [-0.2, -0.15) is 0 Å². The number of H-pyrrole nitrogens is 1. The summed E-state index contributed by atoms with van der Waals surface area (Å²) in [5.41, 5.74) is 3.97. The Kier molecular flexibility index (Phi) is 5.69. The van der Waals surface area contributed by atoms with Crippen LogP contribution in [-0.2, 0) is 20.7 Å². The number of hydrogen-bond donors (Lipinski definition) is 3. The van der Waals surface area contributed by atoms with Crippen LogP contribution in [0.1, 0.15) is 46.2 Å². The van der Waals surface area contributed by atoms with E-state index in [1.807, 2.05) is 18.2 Å². The lowest BCUT2D eigenvalue weighted by Crippen LogP contribution is -2.07. The highest BCUT2D eigenvalue weighted by atomic mass is 79.9. The number of esters is 1. The van der Waals surface area contributed by atoms with Crippen molar-refractivity contribution in [1.82, 2.24) is 4.98 Å². The zero-order valence-electron chi connectivity index (χ0n) is 15.4. The van der Waals surface area contributed by atoms with E-state index in [-0.39, 0.29) is 31.0 Å².